The normalized spacial score (nSPS) is 29.0. The largest absolute Gasteiger partial charge is 0.370 e. The van der Waals surface area contributed by atoms with Crippen molar-refractivity contribution in [3.05, 3.63) is 0 Å². The molecule has 0 radical (unpaired) electrons. The van der Waals surface area contributed by atoms with Gasteiger partial charge in [-0.2, -0.15) is 0 Å². The number of amidine groups is 1. The molecule has 0 atom stereocenters. The summed E-state index contributed by atoms with van der Waals surface area (Å²) in [7, 11) is 0. The van der Waals surface area contributed by atoms with E-state index < -0.39 is 0 Å². The fourth-order valence-corrected chi connectivity index (χ4v) is 3.85. The summed E-state index contributed by atoms with van der Waals surface area (Å²) in [6, 6.07) is 0.697. The highest BCUT2D eigenvalue weighted by molar-refractivity contribution is 5.92. The molecule has 0 unspecified atom stereocenters. The van der Waals surface area contributed by atoms with Crippen molar-refractivity contribution in [3.63, 3.8) is 0 Å². The Morgan fingerprint density at radius 3 is 2.56 bits per heavy atom. The Morgan fingerprint density at radius 1 is 1.00 bits per heavy atom. The predicted octanol–water partition coefficient (Wildman–Crippen LogP) is 2.61. The number of hydrogen-bond acceptors (Lipinski definition) is 3. The lowest BCUT2D eigenvalue weighted by atomic mass is 9.80. The summed E-state index contributed by atoms with van der Waals surface area (Å²) < 4.78 is 0. The number of nitrogens with zero attached hydrogens (tertiary/aromatic N) is 1. The van der Waals surface area contributed by atoms with Crippen LogP contribution in [0.1, 0.15) is 64.2 Å². The molecule has 102 valence electrons. The SMILES string of the molecule is C1CCC2(CC1)NCCCN=C2NC1CCCC1. The standard InChI is InChI=1S/C15H27N3/c1-4-9-15(10-5-1)14(16-11-6-12-17-15)18-13-7-2-3-8-13/h13,17H,1-12H2,(H,16,18). The second kappa shape index (κ2) is 5.60. The van der Waals surface area contributed by atoms with E-state index in [0.717, 1.165) is 13.1 Å². The Bertz CT molecular complexity index is 299. The summed E-state index contributed by atoms with van der Waals surface area (Å²) in [5.74, 6) is 1.31. The minimum absolute atomic E-state index is 0.206. The Morgan fingerprint density at radius 2 is 1.78 bits per heavy atom. The lowest BCUT2D eigenvalue weighted by Crippen LogP contribution is -2.58. The van der Waals surface area contributed by atoms with Gasteiger partial charge in [-0.25, -0.2) is 0 Å². The van der Waals surface area contributed by atoms with Crippen LogP contribution in [0.5, 0.6) is 0 Å². The van der Waals surface area contributed by atoms with Crippen molar-refractivity contribution >= 4 is 5.84 Å². The fraction of sp³-hybridized carbons (Fsp3) is 0.933. The van der Waals surface area contributed by atoms with Crippen LogP contribution in [-0.4, -0.2) is 30.5 Å². The number of rotatable bonds is 1. The Balaban J connectivity index is 1.74. The maximum absolute atomic E-state index is 4.91. The lowest BCUT2D eigenvalue weighted by Gasteiger charge is -2.39. The van der Waals surface area contributed by atoms with Gasteiger partial charge >= 0.3 is 0 Å². The molecule has 1 spiro atoms. The van der Waals surface area contributed by atoms with Crippen molar-refractivity contribution in [2.45, 2.75) is 75.8 Å². The van der Waals surface area contributed by atoms with Crippen LogP contribution in [0.25, 0.3) is 0 Å². The van der Waals surface area contributed by atoms with Crippen LogP contribution in [0, 0.1) is 0 Å². The first kappa shape index (κ1) is 12.5. The molecule has 3 aliphatic rings. The molecule has 0 amide bonds. The predicted molar refractivity (Wildman–Crippen MR) is 76.1 cm³/mol. The third-order valence-electron chi connectivity index (χ3n) is 4.92. The van der Waals surface area contributed by atoms with Crippen molar-refractivity contribution in [2.75, 3.05) is 13.1 Å². The molecule has 2 aliphatic carbocycles. The van der Waals surface area contributed by atoms with Crippen LogP contribution in [0.3, 0.4) is 0 Å². The highest BCUT2D eigenvalue weighted by atomic mass is 15.1. The summed E-state index contributed by atoms with van der Waals surface area (Å²) in [5, 5.41) is 7.63. The van der Waals surface area contributed by atoms with E-state index in [-0.39, 0.29) is 5.54 Å². The molecule has 3 nitrogen and oxygen atoms in total. The number of nitrogens with one attached hydrogen (secondary N) is 2. The van der Waals surface area contributed by atoms with E-state index in [1.165, 1.54) is 70.0 Å². The van der Waals surface area contributed by atoms with Crippen molar-refractivity contribution in [3.8, 4) is 0 Å². The quantitative estimate of drug-likeness (QED) is 0.749. The van der Waals surface area contributed by atoms with Gasteiger partial charge in [0.25, 0.3) is 0 Å². The van der Waals surface area contributed by atoms with Gasteiger partial charge in [-0.15, -0.1) is 0 Å². The Hall–Kier alpha value is -0.570. The number of aliphatic imine (C=N–C) groups is 1. The molecule has 3 rings (SSSR count). The molecule has 2 saturated carbocycles. The molecule has 0 aromatic rings. The minimum atomic E-state index is 0.206. The maximum atomic E-state index is 4.91. The van der Waals surface area contributed by atoms with Gasteiger partial charge in [0.1, 0.15) is 5.84 Å². The Kier molecular flexibility index (Phi) is 3.88. The third-order valence-corrected chi connectivity index (χ3v) is 4.92. The van der Waals surface area contributed by atoms with Gasteiger partial charge in [-0.1, -0.05) is 32.1 Å². The molecule has 1 heterocycles. The van der Waals surface area contributed by atoms with Crippen molar-refractivity contribution < 1.29 is 0 Å². The molecule has 2 N–H and O–H groups in total. The first-order valence-corrected chi connectivity index (χ1v) is 7.96. The number of hydrogen-bond donors (Lipinski definition) is 2. The molecule has 0 bridgehead atoms. The van der Waals surface area contributed by atoms with E-state index in [4.69, 9.17) is 4.99 Å². The Labute approximate surface area is 111 Å². The molecule has 0 aromatic heterocycles. The van der Waals surface area contributed by atoms with Crippen LogP contribution in [0.2, 0.25) is 0 Å². The smallest absolute Gasteiger partial charge is 0.117 e. The zero-order valence-electron chi connectivity index (χ0n) is 11.5. The van der Waals surface area contributed by atoms with Gasteiger partial charge in [-0.05, 0) is 38.6 Å². The first-order chi connectivity index (χ1) is 8.89. The van der Waals surface area contributed by atoms with Gasteiger partial charge < -0.3 is 10.6 Å². The van der Waals surface area contributed by atoms with Crippen molar-refractivity contribution in [1.82, 2.24) is 10.6 Å². The lowest BCUT2D eigenvalue weighted by molar-refractivity contribution is 0.307. The van der Waals surface area contributed by atoms with Gasteiger partial charge in [0.2, 0.25) is 0 Å². The summed E-state index contributed by atoms with van der Waals surface area (Å²) >= 11 is 0. The molecule has 1 aliphatic heterocycles. The summed E-state index contributed by atoms with van der Waals surface area (Å²) in [4.78, 5) is 4.91. The molecule has 3 heteroatoms. The van der Waals surface area contributed by atoms with E-state index in [2.05, 4.69) is 10.6 Å². The summed E-state index contributed by atoms with van der Waals surface area (Å²) in [6.07, 6.45) is 13.4. The van der Waals surface area contributed by atoms with Crippen LogP contribution in [0.4, 0.5) is 0 Å². The van der Waals surface area contributed by atoms with Gasteiger partial charge in [0.15, 0.2) is 0 Å². The summed E-state index contributed by atoms with van der Waals surface area (Å²) in [5.41, 5.74) is 0.206. The highest BCUT2D eigenvalue weighted by Gasteiger charge is 2.38. The molecular formula is C15H27N3. The highest BCUT2D eigenvalue weighted by Crippen LogP contribution is 2.31. The van der Waals surface area contributed by atoms with E-state index in [0.29, 0.717) is 6.04 Å². The van der Waals surface area contributed by atoms with E-state index in [1.807, 2.05) is 0 Å². The minimum Gasteiger partial charge on any atom is -0.370 e. The van der Waals surface area contributed by atoms with Crippen molar-refractivity contribution in [1.29, 1.82) is 0 Å². The topological polar surface area (TPSA) is 36.4 Å². The average Bonchev–Trinajstić information content (AvgIpc) is 2.84. The molecule has 18 heavy (non-hydrogen) atoms. The average molecular weight is 249 g/mol. The zero-order chi connectivity index (χ0) is 12.3. The van der Waals surface area contributed by atoms with E-state index >= 15 is 0 Å². The van der Waals surface area contributed by atoms with Crippen LogP contribution in [0.15, 0.2) is 4.99 Å². The fourth-order valence-electron chi connectivity index (χ4n) is 3.85. The third kappa shape index (κ3) is 2.56. The van der Waals surface area contributed by atoms with Crippen molar-refractivity contribution in [2.24, 2.45) is 4.99 Å². The van der Waals surface area contributed by atoms with Crippen LogP contribution >= 0.6 is 0 Å². The molecule has 0 saturated heterocycles. The van der Waals surface area contributed by atoms with Gasteiger partial charge in [-0.3, -0.25) is 4.99 Å². The van der Waals surface area contributed by atoms with Crippen LogP contribution < -0.4 is 10.6 Å². The first-order valence-electron chi connectivity index (χ1n) is 7.96. The summed E-state index contributed by atoms with van der Waals surface area (Å²) in [6.45, 7) is 2.14. The van der Waals surface area contributed by atoms with Crippen LogP contribution in [-0.2, 0) is 0 Å². The zero-order valence-corrected chi connectivity index (χ0v) is 11.5. The monoisotopic (exact) mass is 249 g/mol. The van der Waals surface area contributed by atoms with Gasteiger partial charge in [0.05, 0.1) is 5.54 Å². The second-order valence-corrected chi connectivity index (χ2v) is 6.28. The van der Waals surface area contributed by atoms with E-state index in [9.17, 15) is 0 Å². The molecular weight excluding hydrogens is 222 g/mol. The second-order valence-electron chi connectivity index (χ2n) is 6.28. The molecule has 2 fully saturated rings. The molecule has 0 aromatic carbocycles. The van der Waals surface area contributed by atoms with E-state index in [1.54, 1.807) is 0 Å². The maximum Gasteiger partial charge on any atom is 0.117 e. The van der Waals surface area contributed by atoms with Gasteiger partial charge in [0, 0.05) is 12.6 Å².